The number of imidazole rings is 1. The van der Waals surface area contributed by atoms with Gasteiger partial charge in [-0.1, -0.05) is 55.4 Å². The number of hydrogen-bond donors (Lipinski definition) is 1. The number of aromatic nitrogens is 4. The van der Waals surface area contributed by atoms with E-state index in [1.165, 1.54) is 0 Å². The van der Waals surface area contributed by atoms with E-state index in [1.807, 2.05) is 4.57 Å². The number of fused-ring (bicyclic) bond motifs is 2. The fourth-order valence-corrected chi connectivity index (χ4v) is 16.6. The van der Waals surface area contributed by atoms with Gasteiger partial charge < -0.3 is 23.4 Å². The van der Waals surface area contributed by atoms with E-state index in [9.17, 15) is 0 Å². The Morgan fingerprint density at radius 3 is 2.18 bits per heavy atom. The summed E-state index contributed by atoms with van der Waals surface area (Å²) in [6.07, 6.45) is 3.51. The van der Waals surface area contributed by atoms with Crippen molar-refractivity contribution in [2.45, 2.75) is 102 Å². The molecule has 33 heavy (non-hydrogen) atoms. The largest absolute Gasteiger partial charge is 0.414 e. The Bertz CT molecular complexity index is 967. The molecule has 0 spiro atoms. The van der Waals surface area contributed by atoms with Crippen LogP contribution in [0.4, 0.5) is 5.95 Å². The Morgan fingerprint density at radius 2 is 1.58 bits per heavy atom. The molecule has 2 aliphatic rings. The van der Waals surface area contributed by atoms with Crippen molar-refractivity contribution in [2.24, 2.45) is 0 Å². The van der Waals surface area contributed by atoms with Gasteiger partial charge in [0.1, 0.15) is 17.8 Å². The van der Waals surface area contributed by atoms with Gasteiger partial charge in [0, 0.05) is 6.42 Å². The van der Waals surface area contributed by atoms with E-state index in [1.54, 1.807) is 12.5 Å². The highest BCUT2D eigenvalue weighted by atomic mass is 28.5. The van der Waals surface area contributed by atoms with E-state index in [0.29, 0.717) is 35.3 Å². The Labute approximate surface area is 198 Å². The van der Waals surface area contributed by atoms with Gasteiger partial charge in [-0.2, -0.15) is 4.98 Å². The molecule has 184 valence electrons. The Kier molecular flexibility index (Phi) is 6.75. The zero-order valence-corrected chi connectivity index (χ0v) is 23.1. The number of anilines is 1. The number of nitrogens with two attached hydrogens (primary N) is 1. The van der Waals surface area contributed by atoms with Crippen molar-refractivity contribution in [3.05, 3.63) is 12.5 Å². The van der Waals surface area contributed by atoms with Gasteiger partial charge in [-0.3, -0.25) is 4.57 Å². The predicted octanol–water partition coefficient (Wildman–Crippen LogP) is 4.65. The van der Waals surface area contributed by atoms with Gasteiger partial charge in [0.05, 0.1) is 25.2 Å². The second-order valence-corrected chi connectivity index (χ2v) is 19.4. The maximum Gasteiger partial charge on any atom is 0.335 e. The van der Waals surface area contributed by atoms with Crippen LogP contribution in [0.5, 0.6) is 0 Å². The summed E-state index contributed by atoms with van der Waals surface area (Å²) in [5.41, 5.74) is 8.37. The average Bonchev–Trinajstić information content (AvgIpc) is 3.30. The molecule has 2 aliphatic heterocycles. The van der Waals surface area contributed by atoms with Crippen LogP contribution in [0.2, 0.25) is 22.2 Å². The first-order valence-corrected chi connectivity index (χ1v) is 16.1. The molecule has 2 saturated heterocycles. The molecule has 2 fully saturated rings. The van der Waals surface area contributed by atoms with Gasteiger partial charge >= 0.3 is 17.1 Å². The highest BCUT2D eigenvalue weighted by Crippen LogP contribution is 2.48. The molecule has 0 amide bonds. The van der Waals surface area contributed by atoms with Crippen molar-refractivity contribution in [3.8, 4) is 0 Å². The molecule has 3 atom stereocenters. The van der Waals surface area contributed by atoms with Crippen LogP contribution in [-0.2, 0) is 17.7 Å². The standard InChI is InChI=1S/C22H39N5O4Si2/c1-13(2)32(14(3)4)28-11-19-18(30-33(31-32,15(5)6)16(7)8)9-20(29-19)27-12-25-17-10-24-22(23)26-21(17)27/h10,12-16,18-20H,9,11H2,1-8H3,(H2,23,24,26)/t18-,19+,20+/m0/s1. The molecule has 9 nitrogen and oxygen atoms in total. The lowest BCUT2D eigenvalue weighted by Crippen LogP contribution is -2.65. The first-order chi connectivity index (χ1) is 15.5. The summed E-state index contributed by atoms with van der Waals surface area (Å²) in [6.45, 7) is 18.3. The van der Waals surface area contributed by atoms with Crippen molar-refractivity contribution >= 4 is 34.2 Å². The molecule has 2 aromatic rings. The summed E-state index contributed by atoms with van der Waals surface area (Å²) in [4.78, 5) is 12.9. The normalized spacial score (nSPS) is 27.5. The molecule has 4 rings (SSSR count). The third-order valence-corrected chi connectivity index (χ3v) is 17.5. The van der Waals surface area contributed by atoms with E-state index < -0.39 is 17.1 Å². The topological polar surface area (TPSA) is 107 Å². The number of hydrogen-bond acceptors (Lipinski definition) is 8. The highest BCUT2D eigenvalue weighted by Gasteiger charge is 2.60. The minimum Gasteiger partial charge on any atom is -0.414 e. The van der Waals surface area contributed by atoms with Crippen molar-refractivity contribution in [2.75, 3.05) is 12.3 Å². The number of nitrogen functional groups attached to an aromatic ring is 1. The molecular weight excluding hydrogens is 454 g/mol. The summed E-state index contributed by atoms with van der Waals surface area (Å²) in [5, 5.41) is 0. The van der Waals surface area contributed by atoms with Crippen LogP contribution in [0.1, 0.15) is 68.0 Å². The molecule has 2 N–H and O–H groups in total. The lowest BCUT2D eigenvalue weighted by Gasteiger charge is -2.51. The zero-order chi connectivity index (χ0) is 24.1. The summed E-state index contributed by atoms with van der Waals surface area (Å²) < 4.78 is 29.7. The number of nitrogens with zero attached hydrogens (tertiary/aromatic N) is 4. The third kappa shape index (κ3) is 4.16. The molecule has 4 heterocycles. The van der Waals surface area contributed by atoms with E-state index in [-0.39, 0.29) is 35.5 Å². The van der Waals surface area contributed by atoms with Crippen LogP contribution in [0.3, 0.4) is 0 Å². The van der Waals surface area contributed by atoms with Crippen molar-refractivity contribution in [1.29, 1.82) is 0 Å². The van der Waals surface area contributed by atoms with Crippen LogP contribution in [0.25, 0.3) is 11.2 Å². The summed E-state index contributed by atoms with van der Waals surface area (Å²) in [6, 6.07) is 0. The van der Waals surface area contributed by atoms with Crippen molar-refractivity contribution < 1.29 is 17.7 Å². The molecule has 2 aromatic heterocycles. The minimum absolute atomic E-state index is 0.116. The lowest BCUT2D eigenvalue weighted by atomic mass is 10.2. The maximum absolute atomic E-state index is 7.25. The molecule has 11 heteroatoms. The lowest BCUT2D eigenvalue weighted by molar-refractivity contribution is -0.0544. The van der Waals surface area contributed by atoms with Crippen LogP contribution in [0.15, 0.2) is 12.5 Å². The SMILES string of the molecule is CC(C)[Si]1(C(C)C)OC[C@H]2O[C@@H](n3cnc4cnc(N)nc43)C[C@@H]2O[Si](C(C)C)(C(C)C)O1. The number of rotatable bonds is 5. The Hall–Kier alpha value is -1.38. The van der Waals surface area contributed by atoms with Gasteiger partial charge in [-0.25, -0.2) is 9.97 Å². The van der Waals surface area contributed by atoms with Gasteiger partial charge in [0.2, 0.25) is 5.95 Å². The van der Waals surface area contributed by atoms with Crippen molar-refractivity contribution in [3.63, 3.8) is 0 Å². The third-order valence-electron chi connectivity index (χ3n) is 7.17. The smallest absolute Gasteiger partial charge is 0.335 e. The Balaban J connectivity index is 1.72. The summed E-state index contributed by atoms with van der Waals surface area (Å²) in [7, 11) is -5.24. The molecule has 0 radical (unpaired) electrons. The van der Waals surface area contributed by atoms with Crippen LogP contribution in [0, 0.1) is 0 Å². The summed E-state index contributed by atoms with van der Waals surface area (Å²) >= 11 is 0. The highest BCUT2D eigenvalue weighted by molar-refractivity contribution is 6.83. The molecule has 0 aromatic carbocycles. The van der Waals surface area contributed by atoms with E-state index >= 15 is 0 Å². The molecule has 0 bridgehead atoms. The Morgan fingerprint density at radius 1 is 0.939 bits per heavy atom. The first-order valence-electron chi connectivity index (χ1n) is 12.1. The monoisotopic (exact) mass is 493 g/mol. The number of ether oxygens (including phenoxy) is 1. The maximum atomic E-state index is 7.25. The fraction of sp³-hybridized carbons (Fsp3) is 0.773. The average molecular weight is 494 g/mol. The minimum atomic E-state index is -2.66. The van der Waals surface area contributed by atoms with Crippen LogP contribution in [-0.4, -0.2) is 55.5 Å². The van der Waals surface area contributed by atoms with E-state index in [2.05, 4.69) is 70.3 Å². The second kappa shape index (κ2) is 9.01. The fourth-order valence-electron chi connectivity index (χ4n) is 5.36. The molecule has 0 saturated carbocycles. The van der Waals surface area contributed by atoms with Gasteiger partial charge in [-0.15, -0.1) is 0 Å². The van der Waals surface area contributed by atoms with Crippen LogP contribution >= 0.6 is 0 Å². The first kappa shape index (κ1) is 24.7. The van der Waals surface area contributed by atoms with E-state index in [0.717, 1.165) is 0 Å². The second-order valence-electron chi connectivity index (χ2n) is 10.6. The quantitative estimate of drug-likeness (QED) is 0.600. The molecule has 0 unspecified atom stereocenters. The van der Waals surface area contributed by atoms with Gasteiger partial charge in [0.15, 0.2) is 5.65 Å². The van der Waals surface area contributed by atoms with Crippen LogP contribution < -0.4 is 5.73 Å². The van der Waals surface area contributed by atoms with Gasteiger partial charge in [-0.05, 0) is 22.2 Å². The molecular formula is C22H39N5O4Si2. The molecule has 0 aliphatic carbocycles. The summed E-state index contributed by atoms with van der Waals surface area (Å²) in [5.74, 6) is 0.219. The zero-order valence-electron chi connectivity index (χ0n) is 21.1. The predicted molar refractivity (Wildman–Crippen MR) is 132 cm³/mol. The van der Waals surface area contributed by atoms with Gasteiger partial charge in [0.25, 0.3) is 0 Å². The van der Waals surface area contributed by atoms with E-state index in [4.69, 9.17) is 23.4 Å². The van der Waals surface area contributed by atoms with Crippen molar-refractivity contribution in [1.82, 2.24) is 19.5 Å².